The molecule has 1 N–H and O–H groups in total. The van der Waals surface area contributed by atoms with Crippen LogP contribution in [0, 0.1) is 12.3 Å². The van der Waals surface area contributed by atoms with Gasteiger partial charge in [-0.25, -0.2) is 0 Å². The zero-order valence-electron chi connectivity index (χ0n) is 9.63. The van der Waals surface area contributed by atoms with Crippen LogP contribution in [0.1, 0.15) is 44.4 Å². The van der Waals surface area contributed by atoms with E-state index in [1.165, 1.54) is 0 Å². The van der Waals surface area contributed by atoms with E-state index in [2.05, 4.69) is 34.1 Å². The molecule has 0 amide bonds. The molecule has 0 aliphatic heterocycles. The molecule has 1 aromatic heterocycles. The first-order valence-corrected chi connectivity index (χ1v) is 6.49. The average molecular weight is 284 g/mol. The second kappa shape index (κ2) is 7.54. The molecule has 2 nitrogen and oxygen atoms in total. The molecule has 88 valence electrons. The number of hydrogen-bond donors (Lipinski definition) is 1. The van der Waals surface area contributed by atoms with Crippen LogP contribution < -0.4 is 5.32 Å². The summed E-state index contributed by atoms with van der Waals surface area (Å²) >= 11 is 3.32. The highest BCUT2D eigenvalue weighted by molar-refractivity contribution is 9.10. The first-order valence-electron chi connectivity index (χ1n) is 5.70. The van der Waals surface area contributed by atoms with Gasteiger partial charge in [-0.2, -0.15) is 0 Å². The van der Waals surface area contributed by atoms with Gasteiger partial charge in [0.15, 0.2) is 4.67 Å². The summed E-state index contributed by atoms with van der Waals surface area (Å²) in [7, 11) is 0. The topological polar surface area (TPSA) is 25.2 Å². The Labute approximate surface area is 106 Å². The summed E-state index contributed by atoms with van der Waals surface area (Å²) in [5.74, 6) is 3.65. The highest BCUT2D eigenvalue weighted by atomic mass is 79.9. The lowest BCUT2D eigenvalue weighted by Gasteiger charge is -2.15. The summed E-state index contributed by atoms with van der Waals surface area (Å²) in [6.07, 6.45) is 9.24. The average Bonchev–Trinajstić information content (AvgIpc) is 2.70. The first kappa shape index (κ1) is 13.3. The van der Waals surface area contributed by atoms with Gasteiger partial charge >= 0.3 is 0 Å². The largest absolute Gasteiger partial charge is 0.453 e. The van der Waals surface area contributed by atoms with Crippen molar-refractivity contribution in [2.75, 3.05) is 6.54 Å². The van der Waals surface area contributed by atoms with Gasteiger partial charge in [-0.3, -0.25) is 0 Å². The summed E-state index contributed by atoms with van der Waals surface area (Å²) < 4.78 is 6.36. The van der Waals surface area contributed by atoms with E-state index in [4.69, 9.17) is 10.8 Å². The molecule has 0 spiro atoms. The maximum atomic E-state index is 5.58. The zero-order valence-corrected chi connectivity index (χ0v) is 11.2. The van der Waals surface area contributed by atoms with Gasteiger partial charge in [-0.15, -0.1) is 12.3 Å². The van der Waals surface area contributed by atoms with Crippen molar-refractivity contribution in [1.82, 2.24) is 5.32 Å². The molecule has 0 bridgehead atoms. The lowest BCUT2D eigenvalue weighted by Crippen LogP contribution is -2.21. The second-order valence-electron chi connectivity index (χ2n) is 3.74. The van der Waals surface area contributed by atoms with Crippen LogP contribution in [0.5, 0.6) is 0 Å². The highest BCUT2D eigenvalue weighted by Gasteiger charge is 2.13. The third kappa shape index (κ3) is 4.42. The molecule has 0 fully saturated rings. The van der Waals surface area contributed by atoms with Crippen molar-refractivity contribution >= 4 is 15.9 Å². The Morgan fingerprint density at radius 1 is 1.56 bits per heavy atom. The third-order valence-electron chi connectivity index (χ3n) is 2.39. The standard InChI is InChI=1S/C13H18BrNO/c1-3-5-6-7-11(15-10-4-2)12-8-9-13(14)16-12/h1,8-9,11,15H,4-7,10H2,2H3. The molecule has 0 radical (unpaired) electrons. The molecule has 1 atom stereocenters. The summed E-state index contributed by atoms with van der Waals surface area (Å²) in [6.45, 7) is 3.16. The smallest absolute Gasteiger partial charge is 0.169 e. The Bertz CT molecular complexity index is 340. The maximum Gasteiger partial charge on any atom is 0.169 e. The van der Waals surface area contributed by atoms with Crippen molar-refractivity contribution in [1.29, 1.82) is 0 Å². The molecular weight excluding hydrogens is 266 g/mol. The highest BCUT2D eigenvalue weighted by Crippen LogP contribution is 2.24. The monoisotopic (exact) mass is 283 g/mol. The van der Waals surface area contributed by atoms with Crippen LogP contribution in [0.25, 0.3) is 0 Å². The van der Waals surface area contributed by atoms with Crippen molar-refractivity contribution in [3.63, 3.8) is 0 Å². The number of terminal acetylenes is 1. The predicted octanol–water partition coefficient (Wildman–Crippen LogP) is 3.89. The number of hydrogen-bond acceptors (Lipinski definition) is 2. The van der Waals surface area contributed by atoms with Crippen LogP contribution in [-0.2, 0) is 0 Å². The van der Waals surface area contributed by atoms with E-state index in [1.54, 1.807) is 0 Å². The molecule has 0 aliphatic carbocycles. The maximum absolute atomic E-state index is 5.58. The Hall–Kier alpha value is -0.720. The van der Waals surface area contributed by atoms with Gasteiger partial charge in [-0.05, 0) is 53.9 Å². The molecule has 0 aliphatic rings. The number of nitrogens with one attached hydrogen (secondary N) is 1. The minimum absolute atomic E-state index is 0.277. The summed E-state index contributed by atoms with van der Waals surface area (Å²) in [6, 6.07) is 4.21. The summed E-state index contributed by atoms with van der Waals surface area (Å²) in [4.78, 5) is 0. The van der Waals surface area contributed by atoms with Gasteiger partial charge in [0.2, 0.25) is 0 Å². The van der Waals surface area contributed by atoms with E-state index in [1.807, 2.05) is 12.1 Å². The van der Waals surface area contributed by atoms with E-state index in [9.17, 15) is 0 Å². The van der Waals surface area contributed by atoms with Crippen LogP contribution in [0.15, 0.2) is 21.2 Å². The van der Waals surface area contributed by atoms with Gasteiger partial charge in [0.05, 0.1) is 6.04 Å². The molecule has 3 heteroatoms. The Balaban J connectivity index is 2.53. The number of halogens is 1. The number of rotatable bonds is 7. The molecule has 16 heavy (non-hydrogen) atoms. The second-order valence-corrected chi connectivity index (χ2v) is 4.53. The van der Waals surface area contributed by atoms with E-state index < -0.39 is 0 Å². The summed E-state index contributed by atoms with van der Waals surface area (Å²) in [5, 5.41) is 3.47. The minimum atomic E-state index is 0.277. The van der Waals surface area contributed by atoms with Gasteiger partial charge in [-0.1, -0.05) is 6.92 Å². The van der Waals surface area contributed by atoms with E-state index in [-0.39, 0.29) is 6.04 Å². The Morgan fingerprint density at radius 3 is 2.94 bits per heavy atom. The first-order chi connectivity index (χ1) is 7.77. The lowest BCUT2D eigenvalue weighted by molar-refractivity contribution is 0.382. The predicted molar refractivity (Wildman–Crippen MR) is 70.1 cm³/mol. The number of furan rings is 1. The molecular formula is C13H18BrNO. The van der Waals surface area contributed by atoms with Crippen molar-refractivity contribution < 1.29 is 4.42 Å². The normalized spacial score (nSPS) is 12.3. The van der Waals surface area contributed by atoms with Crippen molar-refractivity contribution in [2.24, 2.45) is 0 Å². The van der Waals surface area contributed by atoms with E-state index in [0.29, 0.717) is 0 Å². The summed E-state index contributed by atoms with van der Waals surface area (Å²) in [5.41, 5.74) is 0. The van der Waals surface area contributed by atoms with Crippen LogP contribution in [0.4, 0.5) is 0 Å². The van der Waals surface area contributed by atoms with E-state index >= 15 is 0 Å². The van der Waals surface area contributed by atoms with Crippen LogP contribution >= 0.6 is 15.9 Å². The fraction of sp³-hybridized carbons (Fsp3) is 0.538. The molecule has 1 rings (SSSR count). The van der Waals surface area contributed by atoms with E-state index in [0.717, 1.165) is 42.7 Å². The van der Waals surface area contributed by atoms with Crippen molar-refractivity contribution in [2.45, 2.75) is 38.6 Å². The Morgan fingerprint density at radius 2 is 2.38 bits per heavy atom. The molecule has 0 aromatic carbocycles. The third-order valence-corrected chi connectivity index (χ3v) is 2.82. The van der Waals surface area contributed by atoms with Crippen molar-refractivity contribution in [3.8, 4) is 12.3 Å². The molecule has 0 saturated carbocycles. The van der Waals surface area contributed by atoms with Crippen LogP contribution in [0.3, 0.4) is 0 Å². The molecule has 1 unspecified atom stereocenters. The van der Waals surface area contributed by atoms with Gasteiger partial charge in [0.25, 0.3) is 0 Å². The van der Waals surface area contributed by atoms with Gasteiger partial charge in [0, 0.05) is 6.42 Å². The number of unbranched alkanes of at least 4 members (excludes halogenated alkanes) is 1. The molecule has 1 heterocycles. The zero-order chi connectivity index (χ0) is 11.8. The fourth-order valence-electron chi connectivity index (χ4n) is 1.59. The Kier molecular flexibility index (Phi) is 6.29. The molecule has 0 saturated heterocycles. The SMILES string of the molecule is C#CCCCC(NCCC)c1ccc(Br)o1. The fourth-order valence-corrected chi connectivity index (χ4v) is 1.91. The van der Waals surface area contributed by atoms with Gasteiger partial charge < -0.3 is 9.73 Å². The molecule has 1 aromatic rings. The minimum Gasteiger partial charge on any atom is -0.453 e. The quantitative estimate of drug-likeness (QED) is 0.607. The lowest BCUT2D eigenvalue weighted by atomic mass is 10.1. The van der Waals surface area contributed by atoms with Gasteiger partial charge in [0.1, 0.15) is 5.76 Å². The van der Waals surface area contributed by atoms with Crippen molar-refractivity contribution in [3.05, 3.63) is 22.6 Å². The van der Waals surface area contributed by atoms with Crippen LogP contribution in [0.2, 0.25) is 0 Å². The van der Waals surface area contributed by atoms with Crippen LogP contribution in [-0.4, -0.2) is 6.54 Å².